The molecule has 0 aliphatic carbocycles. The molecule has 0 radical (unpaired) electrons. The molecular weight excluding hydrogens is 294 g/mol. The van der Waals surface area contributed by atoms with Crippen molar-refractivity contribution in [2.24, 2.45) is 0 Å². The molecule has 3 rings (SSSR count). The highest BCUT2D eigenvalue weighted by atomic mass is 35.5. The van der Waals surface area contributed by atoms with Gasteiger partial charge in [-0.2, -0.15) is 0 Å². The maximum atomic E-state index is 5.95. The maximum Gasteiger partial charge on any atom is 0.231 e. The summed E-state index contributed by atoms with van der Waals surface area (Å²) in [5, 5.41) is 3.89. The Labute approximate surface area is 127 Å². The molecule has 2 aromatic carbocycles. The molecule has 0 bridgehead atoms. The Morgan fingerprint density at radius 1 is 1.15 bits per heavy atom. The van der Waals surface area contributed by atoms with Gasteiger partial charge in [-0.05, 0) is 29.8 Å². The van der Waals surface area contributed by atoms with Crippen molar-refractivity contribution in [3.8, 4) is 11.5 Å². The molecule has 0 saturated heterocycles. The minimum atomic E-state index is 0.285. The third-order valence-electron chi connectivity index (χ3n) is 2.98. The zero-order valence-electron chi connectivity index (χ0n) is 10.6. The largest absolute Gasteiger partial charge is 0.454 e. The van der Waals surface area contributed by atoms with E-state index in [2.05, 4.69) is 5.32 Å². The smallest absolute Gasteiger partial charge is 0.231 e. The Kier molecular flexibility index (Phi) is 3.76. The molecule has 5 heteroatoms. The number of hydrogen-bond acceptors (Lipinski definition) is 3. The van der Waals surface area contributed by atoms with Crippen LogP contribution in [0.1, 0.15) is 11.1 Å². The number of benzene rings is 2. The quantitative estimate of drug-likeness (QED) is 0.879. The van der Waals surface area contributed by atoms with Gasteiger partial charge in [0.1, 0.15) is 4.99 Å². The van der Waals surface area contributed by atoms with E-state index in [9.17, 15) is 0 Å². The van der Waals surface area contributed by atoms with Gasteiger partial charge in [0.25, 0.3) is 0 Å². The van der Waals surface area contributed by atoms with Gasteiger partial charge in [0.15, 0.2) is 11.5 Å². The summed E-state index contributed by atoms with van der Waals surface area (Å²) in [7, 11) is 0. The number of thiocarbonyl (C=S) groups is 1. The molecule has 102 valence electrons. The van der Waals surface area contributed by atoms with Crippen molar-refractivity contribution >= 4 is 28.8 Å². The van der Waals surface area contributed by atoms with Crippen LogP contribution in [0.2, 0.25) is 5.02 Å². The monoisotopic (exact) mass is 305 g/mol. The van der Waals surface area contributed by atoms with Crippen molar-refractivity contribution in [3.05, 3.63) is 58.6 Å². The molecule has 0 spiro atoms. The van der Waals surface area contributed by atoms with E-state index >= 15 is 0 Å². The summed E-state index contributed by atoms with van der Waals surface area (Å²) < 4.78 is 10.6. The van der Waals surface area contributed by atoms with E-state index in [1.165, 1.54) is 0 Å². The molecule has 0 unspecified atom stereocenters. The Bertz CT molecular complexity index is 660. The Hall–Kier alpha value is -1.78. The van der Waals surface area contributed by atoms with Crippen molar-refractivity contribution in [2.45, 2.75) is 6.54 Å². The first-order chi connectivity index (χ1) is 9.72. The lowest BCUT2D eigenvalue weighted by atomic mass is 10.2. The molecule has 0 amide bonds. The van der Waals surface area contributed by atoms with Crippen LogP contribution in [-0.4, -0.2) is 11.8 Å². The Morgan fingerprint density at radius 2 is 2.00 bits per heavy atom. The molecular formula is C15H12ClNO2S. The number of nitrogens with one attached hydrogen (secondary N) is 1. The van der Waals surface area contributed by atoms with Crippen LogP contribution in [0.5, 0.6) is 11.5 Å². The van der Waals surface area contributed by atoms with E-state index in [1.54, 1.807) is 0 Å². The molecule has 2 aromatic rings. The molecule has 1 aliphatic heterocycles. The van der Waals surface area contributed by atoms with Gasteiger partial charge >= 0.3 is 0 Å². The average molecular weight is 306 g/mol. The van der Waals surface area contributed by atoms with Crippen LogP contribution in [0.25, 0.3) is 0 Å². The SMILES string of the molecule is S=C(NCc1ccc2c(c1)OCO2)c1cccc(Cl)c1. The zero-order chi connectivity index (χ0) is 13.9. The first-order valence-corrected chi connectivity index (χ1v) is 6.93. The van der Waals surface area contributed by atoms with E-state index in [0.29, 0.717) is 16.6 Å². The zero-order valence-corrected chi connectivity index (χ0v) is 12.1. The lowest BCUT2D eigenvalue weighted by Crippen LogP contribution is -2.21. The second kappa shape index (κ2) is 5.69. The van der Waals surface area contributed by atoms with Gasteiger partial charge in [-0.25, -0.2) is 0 Å². The summed E-state index contributed by atoms with van der Waals surface area (Å²) in [4.78, 5) is 0.671. The van der Waals surface area contributed by atoms with E-state index in [-0.39, 0.29) is 6.79 Å². The normalized spacial score (nSPS) is 12.2. The highest BCUT2D eigenvalue weighted by Gasteiger charge is 2.13. The summed E-state index contributed by atoms with van der Waals surface area (Å²) in [6.07, 6.45) is 0. The van der Waals surface area contributed by atoms with Crippen molar-refractivity contribution < 1.29 is 9.47 Å². The van der Waals surface area contributed by atoms with Crippen LogP contribution in [-0.2, 0) is 6.54 Å². The van der Waals surface area contributed by atoms with Gasteiger partial charge in [0.2, 0.25) is 6.79 Å². The predicted molar refractivity (Wildman–Crippen MR) is 82.6 cm³/mol. The van der Waals surface area contributed by atoms with Gasteiger partial charge in [-0.1, -0.05) is 42.0 Å². The highest BCUT2D eigenvalue weighted by Crippen LogP contribution is 2.32. The topological polar surface area (TPSA) is 30.5 Å². The third kappa shape index (κ3) is 2.86. The number of hydrogen-bond donors (Lipinski definition) is 1. The van der Waals surface area contributed by atoms with E-state index < -0.39 is 0 Å². The molecule has 20 heavy (non-hydrogen) atoms. The van der Waals surface area contributed by atoms with Gasteiger partial charge < -0.3 is 14.8 Å². The summed E-state index contributed by atoms with van der Waals surface area (Å²) >= 11 is 11.3. The first-order valence-electron chi connectivity index (χ1n) is 6.15. The minimum absolute atomic E-state index is 0.285. The molecule has 3 nitrogen and oxygen atoms in total. The van der Waals surface area contributed by atoms with Crippen molar-refractivity contribution in [1.29, 1.82) is 0 Å². The standard InChI is InChI=1S/C15H12ClNO2S/c16-12-3-1-2-11(7-12)15(20)17-8-10-4-5-13-14(6-10)19-9-18-13/h1-7H,8-9H2,(H,17,20). The fraction of sp³-hybridized carbons (Fsp3) is 0.133. The summed E-state index contributed by atoms with van der Waals surface area (Å²) in [5.41, 5.74) is 1.99. The fourth-order valence-corrected chi connectivity index (χ4v) is 2.35. The van der Waals surface area contributed by atoms with Crippen LogP contribution < -0.4 is 14.8 Å². The van der Waals surface area contributed by atoms with Crippen LogP contribution >= 0.6 is 23.8 Å². The molecule has 0 saturated carbocycles. The van der Waals surface area contributed by atoms with Crippen molar-refractivity contribution in [3.63, 3.8) is 0 Å². The van der Waals surface area contributed by atoms with Crippen molar-refractivity contribution in [1.82, 2.24) is 5.32 Å². The average Bonchev–Trinajstić information content (AvgIpc) is 2.92. The Balaban J connectivity index is 1.66. The van der Waals surface area contributed by atoms with E-state index in [0.717, 1.165) is 22.6 Å². The van der Waals surface area contributed by atoms with Gasteiger partial charge in [0, 0.05) is 17.1 Å². The van der Waals surface area contributed by atoms with E-state index in [4.69, 9.17) is 33.3 Å². The third-order valence-corrected chi connectivity index (χ3v) is 3.59. The van der Waals surface area contributed by atoms with Gasteiger partial charge in [-0.15, -0.1) is 0 Å². The van der Waals surface area contributed by atoms with Crippen LogP contribution in [0.15, 0.2) is 42.5 Å². The lowest BCUT2D eigenvalue weighted by Gasteiger charge is -2.09. The molecule has 0 aromatic heterocycles. The van der Waals surface area contributed by atoms with Crippen LogP contribution in [0, 0.1) is 0 Å². The molecule has 1 heterocycles. The van der Waals surface area contributed by atoms with Gasteiger partial charge in [0.05, 0.1) is 0 Å². The summed E-state index contributed by atoms with van der Waals surface area (Å²) in [6.45, 7) is 0.912. The van der Waals surface area contributed by atoms with Crippen molar-refractivity contribution in [2.75, 3.05) is 6.79 Å². The summed E-state index contributed by atoms with van der Waals surface area (Å²) in [5.74, 6) is 1.56. The molecule has 1 aliphatic rings. The van der Waals surface area contributed by atoms with E-state index in [1.807, 2.05) is 42.5 Å². The number of ether oxygens (including phenoxy) is 2. The van der Waals surface area contributed by atoms with Gasteiger partial charge in [-0.3, -0.25) is 0 Å². The second-order valence-corrected chi connectivity index (χ2v) is 5.23. The molecule has 0 fully saturated rings. The number of halogens is 1. The fourth-order valence-electron chi connectivity index (χ4n) is 1.97. The molecule has 0 atom stereocenters. The maximum absolute atomic E-state index is 5.95. The predicted octanol–water partition coefficient (Wildman–Crippen LogP) is 3.53. The highest BCUT2D eigenvalue weighted by molar-refractivity contribution is 7.80. The molecule has 1 N–H and O–H groups in total. The number of fused-ring (bicyclic) bond motifs is 1. The number of rotatable bonds is 3. The Morgan fingerprint density at radius 3 is 2.85 bits per heavy atom. The minimum Gasteiger partial charge on any atom is -0.454 e. The second-order valence-electron chi connectivity index (χ2n) is 4.38. The first kappa shape index (κ1) is 13.2. The van der Waals surface area contributed by atoms with Crippen LogP contribution in [0.3, 0.4) is 0 Å². The lowest BCUT2D eigenvalue weighted by molar-refractivity contribution is 0.174. The summed E-state index contributed by atoms with van der Waals surface area (Å²) in [6, 6.07) is 13.3. The van der Waals surface area contributed by atoms with Crippen LogP contribution in [0.4, 0.5) is 0 Å².